The van der Waals surface area contributed by atoms with Crippen LogP contribution < -0.4 is 5.59 Å². The highest BCUT2D eigenvalue weighted by atomic mass is 16.6. The van der Waals surface area contributed by atoms with Gasteiger partial charge in [0.05, 0.1) is 5.59 Å². The minimum Gasteiger partial charge on any atom is -0.390 e. The lowest BCUT2D eigenvalue weighted by atomic mass is 10.1. The van der Waals surface area contributed by atoms with Gasteiger partial charge in [0.15, 0.2) is 7.85 Å². The van der Waals surface area contributed by atoms with E-state index in [2.05, 4.69) is 9.97 Å². The predicted octanol–water partition coefficient (Wildman–Crippen LogP) is -0.888. The van der Waals surface area contributed by atoms with E-state index in [4.69, 9.17) is 7.85 Å². The van der Waals surface area contributed by atoms with Crippen molar-refractivity contribution in [3.63, 3.8) is 0 Å². The third-order valence-corrected chi connectivity index (χ3v) is 0.755. The van der Waals surface area contributed by atoms with Crippen molar-refractivity contribution in [2.24, 2.45) is 0 Å². The van der Waals surface area contributed by atoms with E-state index in [1.807, 2.05) is 0 Å². The highest BCUT2D eigenvalue weighted by Gasteiger charge is 2.05. The van der Waals surface area contributed by atoms with E-state index in [1.54, 1.807) is 0 Å². The summed E-state index contributed by atoms with van der Waals surface area (Å²) in [6.07, 6.45) is 1.19. The maximum Gasteiger partial charge on any atom is 0.431 e. The molecule has 1 aromatic rings. The molecular formula is C3H2BN3O2. The largest absolute Gasteiger partial charge is 0.431 e. The van der Waals surface area contributed by atoms with Gasteiger partial charge in [0.25, 0.3) is 0 Å². The van der Waals surface area contributed by atoms with E-state index in [1.165, 1.54) is 6.20 Å². The topological polar surface area (TPSA) is 71.8 Å². The number of rotatable bonds is 1. The van der Waals surface area contributed by atoms with Crippen LogP contribution >= 0.6 is 0 Å². The number of aromatic nitrogens is 2. The zero-order valence-corrected chi connectivity index (χ0v) is 4.37. The molecule has 0 aromatic carbocycles. The summed E-state index contributed by atoms with van der Waals surface area (Å²) in [7, 11) is 5.09. The Bertz CT molecular complexity index is 233. The maximum atomic E-state index is 9.87. The minimum absolute atomic E-state index is 0.196. The SMILES string of the molecule is [B]c1cnc([N+](=O)[O-])[nH]1. The van der Waals surface area contributed by atoms with Crippen molar-refractivity contribution in [3.05, 3.63) is 16.3 Å². The molecule has 0 saturated heterocycles. The summed E-state index contributed by atoms with van der Waals surface area (Å²) in [5.41, 5.74) is 0.196. The van der Waals surface area contributed by atoms with Gasteiger partial charge in [-0.2, -0.15) is 0 Å². The van der Waals surface area contributed by atoms with Gasteiger partial charge in [-0.3, -0.25) is 4.98 Å². The lowest BCUT2D eigenvalue weighted by molar-refractivity contribution is -0.393. The smallest absolute Gasteiger partial charge is 0.390 e. The van der Waals surface area contributed by atoms with Crippen LogP contribution in [0.1, 0.15) is 0 Å². The number of H-pyrrole nitrogens is 1. The van der Waals surface area contributed by atoms with Gasteiger partial charge in [0, 0.05) is 0 Å². The Balaban J connectivity index is 2.98. The lowest BCUT2D eigenvalue weighted by Gasteiger charge is -1.84. The monoisotopic (exact) mass is 123 g/mol. The first-order valence-corrected chi connectivity index (χ1v) is 2.15. The quantitative estimate of drug-likeness (QED) is 0.299. The molecule has 6 heteroatoms. The Morgan fingerprint density at radius 3 is 2.78 bits per heavy atom. The number of imidazole rings is 1. The maximum absolute atomic E-state index is 9.87. The number of hydrogen-bond acceptors (Lipinski definition) is 3. The normalized spacial score (nSPS) is 9.33. The van der Waals surface area contributed by atoms with Crippen LogP contribution in [0.2, 0.25) is 0 Å². The molecule has 0 atom stereocenters. The lowest BCUT2D eigenvalue weighted by Crippen LogP contribution is -2.01. The Morgan fingerprint density at radius 1 is 1.89 bits per heavy atom. The highest BCUT2D eigenvalue weighted by molar-refractivity contribution is 6.30. The Morgan fingerprint density at radius 2 is 2.56 bits per heavy atom. The van der Waals surface area contributed by atoms with Crippen LogP contribution in [0.5, 0.6) is 0 Å². The Labute approximate surface area is 51.7 Å². The molecule has 0 aliphatic heterocycles. The van der Waals surface area contributed by atoms with E-state index < -0.39 is 4.92 Å². The van der Waals surface area contributed by atoms with E-state index in [9.17, 15) is 10.1 Å². The van der Waals surface area contributed by atoms with Crippen molar-refractivity contribution in [1.29, 1.82) is 0 Å². The zero-order valence-electron chi connectivity index (χ0n) is 4.37. The average molecular weight is 123 g/mol. The van der Waals surface area contributed by atoms with E-state index in [-0.39, 0.29) is 11.5 Å². The van der Waals surface area contributed by atoms with Crippen molar-refractivity contribution in [2.75, 3.05) is 0 Å². The fraction of sp³-hybridized carbons (Fsp3) is 0. The molecule has 0 fully saturated rings. The summed E-state index contributed by atoms with van der Waals surface area (Å²) in [5, 5.41) is 9.87. The van der Waals surface area contributed by atoms with Crippen LogP contribution in [0, 0.1) is 10.1 Å². The van der Waals surface area contributed by atoms with Gasteiger partial charge < -0.3 is 10.1 Å². The predicted molar refractivity (Wildman–Crippen MR) is 30.6 cm³/mol. The van der Waals surface area contributed by atoms with Crippen molar-refractivity contribution < 1.29 is 4.92 Å². The standard InChI is InChI=1S/C3H2BN3O2/c4-2-1-5-3(6-2)7(8)9/h1H,(H,5,6). The molecule has 0 aliphatic rings. The number of aromatic amines is 1. The molecule has 0 unspecified atom stereocenters. The van der Waals surface area contributed by atoms with Crippen LogP contribution in [0.4, 0.5) is 5.95 Å². The number of nitro groups is 1. The molecular weight excluding hydrogens is 121 g/mol. The number of nitrogens with zero attached hydrogens (tertiary/aromatic N) is 2. The van der Waals surface area contributed by atoms with Gasteiger partial charge in [-0.05, 0) is 4.92 Å². The van der Waals surface area contributed by atoms with Crippen molar-refractivity contribution >= 4 is 19.4 Å². The third-order valence-electron chi connectivity index (χ3n) is 0.755. The summed E-state index contributed by atoms with van der Waals surface area (Å²) in [6.45, 7) is 0. The molecule has 1 aromatic heterocycles. The summed E-state index contributed by atoms with van der Waals surface area (Å²) in [5.74, 6) is -0.326. The van der Waals surface area contributed by atoms with Gasteiger partial charge >= 0.3 is 5.95 Å². The first-order chi connectivity index (χ1) is 4.20. The number of hydrogen-bond donors (Lipinski definition) is 1. The van der Waals surface area contributed by atoms with E-state index >= 15 is 0 Å². The molecule has 1 rings (SSSR count). The molecule has 9 heavy (non-hydrogen) atoms. The van der Waals surface area contributed by atoms with Crippen molar-refractivity contribution in [3.8, 4) is 0 Å². The summed E-state index contributed by atoms with van der Waals surface area (Å²) in [4.78, 5) is 14.8. The molecule has 0 spiro atoms. The highest BCUT2D eigenvalue weighted by Crippen LogP contribution is 1.94. The first kappa shape index (κ1) is 5.81. The van der Waals surface area contributed by atoms with Gasteiger partial charge in [-0.15, -0.1) is 0 Å². The molecule has 44 valence electrons. The molecule has 0 bridgehead atoms. The molecule has 0 saturated carbocycles. The van der Waals surface area contributed by atoms with Crippen molar-refractivity contribution in [2.45, 2.75) is 0 Å². The molecule has 0 aliphatic carbocycles. The molecule has 1 N–H and O–H groups in total. The van der Waals surface area contributed by atoms with Gasteiger partial charge in [0.1, 0.15) is 6.20 Å². The second-order valence-electron chi connectivity index (χ2n) is 1.42. The summed E-state index contributed by atoms with van der Waals surface area (Å²) < 4.78 is 0. The van der Waals surface area contributed by atoms with Gasteiger partial charge in [0.2, 0.25) is 0 Å². The van der Waals surface area contributed by atoms with Crippen LogP contribution in [-0.4, -0.2) is 22.7 Å². The first-order valence-electron chi connectivity index (χ1n) is 2.15. The molecule has 5 nitrogen and oxygen atoms in total. The number of nitrogens with one attached hydrogen (secondary N) is 1. The second-order valence-corrected chi connectivity index (χ2v) is 1.42. The second kappa shape index (κ2) is 1.89. The van der Waals surface area contributed by atoms with Crippen molar-refractivity contribution in [1.82, 2.24) is 9.97 Å². The Kier molecular flexibility index (Phi) is 1.22. The van der Waals surface area contributed by atoms with Gasteiger partial charge in [-0.25, -0.2) is 0 Å². The van der Waals surface area contributed by atoms with Crippen LogP contribution in [-0.2, 0) is 0 Å². The van der Waals surface area contributed by atoms with E-state index in [0.29, 0.717) is 0 Å². The minimum atomic E-state index is -0.643. The Hall–Kier alpha value is -1.33. The summed E-state index contributed by atoms with van der Waals surface area (Å²) >= 11 is 0. The van der Waals surface area contributed by atoms with E-state index in [0.717, 1.165) is 0 Å². The van der Waals surface area contributed by atoms with Gasteiger partial charge in [-0.1, -0.05) is 4.98 Å². The van der Waals surface area contributed by atoms with Crippen LogP contribution in [0.25, 0.3) is 0 Å². The zero-order chi connectivity index (χ0) is 6.85. The molecule has 2 radical (unpaired) electrons. The average Bonchev–Trinajstić information content (AvgIpc) is 2.14. The summed E-state index contributed by atoms with van der Waals surface area (Å²) in [6, 6.07) is 0. The fourth-order valence-corrected chi connectivity index (χ4v) is 0.417. The molecule has 1 heterocycles. The third kappa shape index (κ3) is 1.07. The molecule has 0 amide bonds. The van der Waals surface area contributed by atoms with Crippen LogP contribution in [0.3, 0.4) is 0 Å². The van der Waals surface area contributed by atoms with Crippen LogP contribution in [0.15, 0.2) is 6.20 Å². The fourth-order valence-electron chi connectivity index (χ4n) is 0.417.